The Bertz CT molecular complexity index is 649. The van der Waals surface area contributed by atoms with Crippen molar-refractivity contribution >= 4 is 23.0 Å². The van der Waals surface area contributed by atoms with Crippen molar-refractivity contribution in [2.45, 2.75) is 12.5 Å². The summed E-state index contributed by atoms with van der Waals surface area (Å²) >= 11 is 5.80. The molecule has 0 amide bonds. The van der Waals surface area contributed by atoms with Crippen LogP contribution in [0.4, 0.5) is 11.4 Å². The Balaban J connectivity index is 2.42. The van der Waals surface area contributed by atoms with Crippen LogP contribution >= 0.6 is 11.6 Å². The topological polar surface area (TPSA) is 75.4 Å². The van der Waals surface area contributed by atoms with E-state index in [2.05, 4.69) is 5.32 Å². The molecule has 0 aliphatic heterocycles. The SMILES string of the molecule is CC(CO)(Nc1ccc(Cl)cc1[N+](=O)[O-])c1ccccc1. The minimum atomic E-state index is -0.833. The Morgan fingerprint density at radius 2 is 1.95 bits per heavy atom. The van der Waals surface area contributed by atoms with Crippen LogP contribution in [0.3, 0.4) is 0 Å². The molecular formula is C15H15ClN2O3. The summed E-state index contributed by atoms with van der Waals surface area (Å²) in [5, 5.41) is 24.2. The molecular weight excluding hydrogens is 292 g/mol. The first kappa shape index (κ1) is 15.3. The number of anilines is 1. The molecule has 1 unspecified atom stereocenters. The first-order valence-corrected chi connectivity index (χ1v) is 6.72. The van der Waals surface area contributed by atoms with Crippen LogP contribution in [0.25, 0.3) is 0 Å². The van der Waals surface area contributed by atoms with Gasteiger partial charge in [0.25, 0.3) is 5.69 Å². The number of aliphatic hydroxyl groups excluding tert-OH is 1. The zero-order valence-electron chi connectivity index (χ0n) is 11.4. The molecule has 0 fully saturated rings. The molecule has 2 aromatic rings. The van der Waals surface area contributed by atoms with Crippen LogP contribution in [0, 0.1) is 10.1 Å². The van der Waals surface area contributed by atoms with Gasteiger partial charge < -0.3 is 10.4 Å². The van der Waals surface area contributed by atoms with E-state index in [0.717, 1.165) is 5.56 Å². The maximum Gasteiger partial charge on any atom is 0.293 e. The zero-order valence-corrected chi connectivity index (χ0v) is 12.2. The number of hydrogen-bond donors (Lipinski definition) is 2. The monoisotopic (exact) mass is 306 g/mol. The van der Waals surface area contributed by atoms with E-state index >= 15 is 0 Å². The predicted octanol–water partition coefficient (Wildman–Crippen LogP) is 3.57. The minimum absolute atomic E-state index is 0.127. The molecule has 0 bridgehead atoms. The molecule has 0 heterocycles. The Morgan fingerprint density at radius 1 is 1.29 bits per heavy atom. The maximum atomic E-state index is 11.1. The van der Waals surface area contributed by atoms with Crippen molar-refractivity contribution in [2.75, 3.05) is 11.9 Å². The average Bonchev–Trinajstić information content (AvgIpc) is 2.49. The van der Waals surface area contributed by atoms with Gasteiger partial charge >= 0.3 is 0 Å². The predicted molar refractivity (Wildman–Crippen MR) is 82.6 cm³/mol. The van der Waals surface area contributed by atoms with Gasteiger partial charge in [0.15, 0.2) is 0 Å². The van der Waals surface area contributed by atoms with Gasteiger partial charge in [-0.25, -0.2) is 0 Å². The maximum absolute atomic E-state index is 11.1. The highest BCUT2D eigenvalue weighted by molar-refractivity contribution is 6.30. The van der Waals surface area contributed by atoms with Crippen LogP contribution in [0.1, 0.15) is 12.5 Å². The van der Waals surface area contributed by atoms with Crippen molar-refractivity contribution in [1.29, 1.82) is 0 Å². The Morgan fingerprint density at radius 3 is 2.52 bits per heavy atom. The van der Waals surface area contributed by atoms with Crippen LogP contribution in [-0.4, -0.2) is 16.6 Å². The Hall–Kier alpha value is -2.11. The van der Waals surface area contributed by atoms with Crippen molar-refractivity contribution in [1.82, 2.24) is 0 Å². The molecule has 6 heteroatoms. The highest BCUT2D eigenvalue weighted by atomic mass is 35.5. The van der Waals surface area contributed by atoms with Gasteiger partial charge in [0.05, 0.1) is 17.1 Å². The third-order valence-corrected chi connectivity index (χ3v) is 3.53. The summed E-state index contributed by atoms with van der Waals surface area (Å²) < 4.78 is 0. The lowest BCUT2D eigenvalue weighted by molar-refractivity contribution is -0.384. The molecule has 2 aromatic carbocycles. The summed E-state index contributed by atoms with van der Waals surface area (Å²) in [4.78, 5) is 10.6. The number of nitrogens with zero attached hydrogens (tertiary/aromatic N) is 1. The second-order valence-corrected chi connectivity index (χ2v) is 5.34. The van der Waals surface area contributed by atoms with E-state index < -0.39 is 10.5 Å². The standard InChI is InChI=1S/C15H15ClN2O3/c1-15(10-19,11-5-3-2-4-6-11)17-13-8-7-12(16)9-14(13)18(20)21/h2-9,17,19H,10H2,1H3. The van der Waals surface area contributed by atoms with Crippen LogP contribution < -0.4 is 5.32 Å². The van der Waals surface area contributed by atoms with E-state index in [4.69, 9.17) is 11.6 Å². The third-order valence-electron chi connectivity index (χ3n) is 3.29. The zero-order chi connectivity index (χ0) is 15.5. The summed E-state index contributed by atoms with van der Waals surface area (Å²) in [7, 11) is 0. The summed E-state index contributed by atoms with van der Waals surface area (Å²) in [6.45, 7) is 1.57. The molecule has 0 saturated heterocycles. The van der Waals surface area contributed by atoms with Crippen molar-refractivity contribution in [3.8, 4) is 0 Å². The molecule has 110 valence electrons. The molecule has 0 aliphatic rings. The van der Waals surface area contributed by atoms with Crippen molar-refractivity contribution in [2.24, 2.45) is 0 Å². The normalized spacial score (nSPS) is 13.5. The Kier molecular flexibility index (Phi) is 4.45. The molecule has 0 spiro atoms. The second-order valence-electron chi connectivity index (χ2n) is 4.90. The molecule has 0 radical (unpaired) electrons. The van der Waals surface area contributed by atoms with E-state index in [9.17, 15) is 15.2 Å². The average molecular weight is 307 g/mol. The van der Waals surface area contributed by atoms with Gasteiger partial charge in [0, 0.05) is 11.1 Å². The molecule has 21 heavy (non-hydrogen) atoms. The molecule has 5 nitrogen and oxygen atoms in total. The number of aliphatic hydroxyl groups is 1. The fraction of sp³-hybridized carbons (Fsp3) is 0.200. The lowest BCUT2D eigenvalue weighted by Crippen LogP contribution is -2.36. The first-order chi connectivity index (χ1) is 9.96. The van der Waals surface area contributed by atoms with E-state index in [1.165, 1.54) is 12.1 Å². The van der Waals surface area contributed by atoms with Gasteiger partial charge in [-0.2, -0.15) is 0 Å². The third kappa shape index (κ3) is 3.32. The van der Waals surface area contributed by atoms with Crippen molar-refractivity contribution in [3.05, 3.63) is 69.2 Å². The smallest absolute Gasteiger partial charge is 0.293 e. The van der Waals surface area contributed by atoms with Crippen molar-refractivity contribution < 1.29 is 10.0 Å². The van der Waals surface area contributed by atoms with E-state index in [0.29, 0.717) is 5.69 Å². The highest BCUT2D eigenvalue weighted by Crippen LogP contribution is 2.33. The van der Waals surface area contributed by atoms with Crippen LogP contribution in [0.15, 0.2) is 48.5 Å². The summed E-state index contributed by atoms with van der Waals surface area (Å²) in [6.07, 6.45) is 0. The van der Waals surface area contributed by atoms with Gasteiger partial charge in [-0.15, -0.1) is 0 Å². The summed E-state index contributed by atoms with van der Waals surface area (Å²) in [6, 6.07) is 13.7. The lowest BCUT2D eigenvalue weighted by Gasteiger charge is -2.30. The van der Waals surface area contributed by atoms with Gasteiger partial charge in [0.2, 0.25) is 0 Å². The van der Waals surface area contributed by atoms with Crippen molar-refractivity contribution in [3.63, 3.8) is 0 Å². The molecule has 1 atom stereocenters. The van der Waals surface area contributed by atoms with Gasteiger partial charge in [-0.05, 0) is 24.6 Å². The van der Waals surface area contributed by atoms with Gasteiger partial charge in [0.1, 0.15) is 5.69 Å². The fourth-order valence-electron chi connectivity index (χ4n) is 2.07. The van der Waals surface area contributed by atoms with E-state index in [-0.39, 0.29) is 17.3 Å². The van der Waals surface area contributed by atoms with Crippen LogP contribution in [-0.2, 0) is 5.54 Å². The molecule has 0 aromatic heterocycles. The van der Waals surface area contributed by atoms with E-state index in [1.54, 1.807) is 13.0 Å². The number of rotatable bonds is 5. The van der Waals surface area contributed by atoms with Crippen LogP contribution in [0.5, 0.6) is 0 Å². The summed E-state index contributed by atoms with van der Waals surface area (Å²) in [5.41, 5.74) is 0.180. The Labute approximate surface area is 127 Å². The van der Waals surface area contributed by atoms with Gasteiger partial charge in [-0.3, -0.25) is 10.1 Å². The van der Waals surface area contributed by atoms with Crippen LogP contribution in [0.2, 0.25) is 5.02 Å². The second kappa shape index (κ2) is 6.11. The molecule has 2 N–H and O–H groups in total. The molecule has 2 rings (SSSR count). The first-order valence-electron chi connectivity index (χ1n) is 6.35. The molecule has 0 saturated carbocycles. The number of nitrogens with one attached hydrogen (secondary N) is 1. The number of nitro groups is 1. The van der Waals surface area contributed by atoms with Gasteiger partial charge in [-0.1, -0.05) is 41.9 Å². The summed E-state index contributed by atoms with van der Waals surface area (Å²) in [5.74, 6) is 0. The largest absolute Gasteiger partial charge is 0.394 e. The quantitative estimate of drug-likeness (QED) is 0.654. The lowest BCUT2D eigenvalue weighted by atomic mass is 9.92. The molecule has 0 aliphatic carbocycles. The number of benzene rings is 2. The highest BCUT2D eigenvalue weighted by Gasteiger charge is 2.28. The van der Waals surface area contributed by atoms with E-state index in [1.807, 2.05) is 30.3 Å². The fourth-order valence-corrected chi connectivity index (χ4v) is 2.23. The number of hydrogen-bond acceptors (Lipinski definition) is 4. The minimum Gasteiger partial charge on any atom is -0.394 e. The number of nitro benzene ring substituents is 1. The number of halogens is 1.